The highest BCUT2D eigenvalue weighted by molar-refractivity contribution is 5.55. The van der Waals surface area contributed by atoms with E-state index in [-0.39, 0.29) is 0 Å². The van der Waals surface area contributed by atoms with Gasteiger partial charge in [-0.15, -0.1) is 0 Å². The lowest BCUT2D eigenvalue weighted by molar-refractivity contribution is 0.922. The molecule has 0 saturated heterocycles. The maximum Gasteiger partial charge on any atom is 0.0447 e. The van der Waals surface area contributed by atoms with Gasteiger partial charge in [0.2, 0.25) is 0 Å². The first kappa shape index (κ1) is 9.93. The standard InChI is InChI=1S/C11H16N2/c1-9-6-8-13-10(2)11(9)5-4-7-12-3/h4-6,8,12H,7H2,1-3H3/b5-4-. The molecule has 1 aromatic heterocycles. The van der Waals surface area contributed by atoms with E-state index < -0.39 is 0 Å². The van der Waals surface area contributed by atoms with Crippen molar-refractivity contribution in [2.24, 2.45) is 0 Å². The van der Waals surface area contributed by atoms with E-state index in [2.05, 4.69) is 29.4 Å². The summed E-state index contributed by atoms with van der Waals surface area (Å²) in [5.74, 6) is 0. The van der Waals surface area contributed by atoms with E-state index in [0.717, 1.165) is 12.2 Å². The Kier molecular flexibility index (Phi) is 3.65. The Morgan fingerprint density at radius 2 is 2.23 bits per heavy atom. The molecule has 0 aliphatic rings. The molecular weight excluding hydrogens is 160 g/mol. The Balaban J connectivity index is 2.87. The molecule has 0 aliphatic heterocycles. The molecule has 0 unspecified atom stereocenters. The van der Waals surface area contributed by atoms with Crippen LogP contribution < -0.4 is 5.32 Å². The molecule has 0 bridgehead atoms. The molecule has 0 atom stereocenters. The number of hydrogen-bond acceptors (Lipinski definition) is 2. The lowest BCUT2D eigenvalue weighted by Crippen LogP contribution is -2.03. The van der Waals surface area contributed by atoms with Gasteiger partial charge in [-0.05, 0) is 38.1 Å². The summed E-state index contributed by atoms with van der Waals surface area (Å²) in [4.78, 5) is 4.25. The van der Waals surface area contributed by atoms with Crippen molar-refractivity contribution in [3.05, 3.63) is 35.2 Å². The van der Waals surface area contributed by atoms with Crippen molar-refractivity contribution in [1.29, 1.82) is 0 Å². The molecule has 0 aliphatic carbocycles. The SMILES string of the molecule is CNC/C=C\c1c(C)ccnc1C. The molecule has 2 heteroatoms. The Morgan fingerprint density at radius 1 is 1.46 bits per heavy atom. The maximum atomic E-state index is 4.25. The van der Waals surface area contributed by atoms with Crippen LogP contribution in [0.1, 0.15) is 16.8 Å². The number of hydrogen-bond donors (Lipinski definition) is 1. The normalized spacial score (nSPS) is 11.0. The monoisotopic (exact) mass is 176 g/mol. The molecule has 0 radical (unpaired) electrons. The second kappa shape index (κ2) is 4.77. The number of aryl methyl sites for hydroxylation is 2. The Labute approximate surface area is 79.7 Å². The molecule has 1 heterocycles. The molecule has 1 rings (SSSR count). The highest BCUT2D eigenvalue weighted by Gasteiger charge is 1.97. The molecule has 1 aromatic rings. The van der Waals surface area contributed by atoms with Crippen LogP contribution in [0.4, 0.5) is 0 Å². The van der Waals surface area contributed by atoms with Crippen LogP contribution in [0.25, 0.3) is 6.08 Å². The van der Waals surface area contributed by atoms with Gasteiger partial charge in [-0.1, -0.05) is 12.2 Å². The Morgan fingerprint density at radius 3 is 2.85 bits per heavy atom. The van der Waals surface area contributed by atoms with Gasteiger partial charge in [0.15, 0.2) is 0 Å². The van der Waals surface area contributed by atoms with Crippen LogP contribution in [-0.4, -0.2) is 18.6 Å². The first-order chi connectivity index (χ1) is 6.25. The number of aromatic nitrogens is 1. The largest absolute Gasteiger partial charge is 0.316 e. The zero-order valence-corrected chi connectivity index (χ0v) is 8.46. The molecular formula is C11H16N2. The van der Waals surface area contributed by atoms with Gasteiger partial charge in [0.25, 0.3) is 0 Å². The molecule has 0 spiro atoms. The predicted octanol–water partition coefficient (Wildman–Crippen LogP) is 1.93. The molecule has 70 valence electrons. The third kappa shape index (κ3) is 2.67. The zero-order valence-electron chi connectivity index (χ0n) is 8.46. The van der Waals surface area contributed by atoms with Gasteiger partial charge in [0.05, 0.1) is 0 Å². The average Bonchev–Trinajstić information content (AvgIpc) is 2.10. The predicted molar refractivity (Wildman–Crippen MR) is 56.7 cm³/mol. The summed E-state index contributed by atoms with van der Waals surface area (Å²) in [5.41, 5.74) is 3.60. The number of pyridine rings is 1. The van der Waals surface area contributed by atoms with Gasteiger partial charge in [-0.25, -0.2) is 0 Å². The summed E-state index contributed by atoms with van der Waals surface area (Å²) in [7, 11) is 1.94. The van der Waals surface area contributed by atoms with Crippen molar-refractivity contribution < 1.29 is 0 Å². The van der Waals surface area contributed by atoms with Crippen molar-refractivity contribution in [1.82, 2.24) is 10.3 Å². The molecule has 0 amide bonds. The zero-order chi connectivity index (χ0) is 9.68. The third-order valence-corrected chi connectivity index (χ3v) is 2.01. The summed E-state index contributed by atoms with van der Waals surface area (Å²) in [5, 5.41) is 3.07. The van der Waals surface area contributed by atoms with Gasteiger partial charge in [-0.3, -0.25) is 4.98 Å². The van der Waals surface area contributed by atoms with E-state index in [1.54, 1.807) is 0 Å². The summed E-state index contributed by atoms with van der Waals surface area (Å²) in [6.45, 7) is 5.04. The molecule has 0 aromatic carbocycles. The lowest BCUT2D eigenvalue weighted by Gasteiger charge is -2.02. The van der Waals surface area contributed by atoms with Gasteiger partial charge >= 0.3 is 0 Å². The lowest BCUT2D eigenvalue weighted by atomic mass is 10.1. The molecule has 0 fully saturated rings. The van der Waals surface area contributed by atoms with Crippen molar-refractivity contribution >= 4 is 6.08 Å². The van der Waals surface area contributed by atoms with Crippen molar-refractivity contribution in [3.8, 4) is 0 Å². The Hall–Kier alpha value is -1.15. The maximum absolute atomic E-state index is 4.25. The van der Waals surface area contributed by atoms with Gasteiger partial charge in [0.1, 0.15) is 0 Å². The minimum atomic E-state index is 0.897. The fourth-order valence-electron chi connectivity index (χ4n) is 1.25. The fourth-order valence-corrected chi connectivity index (χ4v) is 1.25. The van der Waals surface area contributed by atoms with Crippen LogP contribution in [0, 0.1) is 13.8 Å². The quantitative estimate of drug-likeness (QED) is 0.761. The van der Waals surface area contributed by atoms with E-state index in [1.807, 2.05) is 26.2 Å². The van der Waals surface area contributed by atoms with Crippen molar-refractivity contribution in [3.63, 3.8) is 0 Å². The average molecular weight is 176 g/mol. The highest BCUT2D eigenvalue weighted by Crippen LogP contribution is 2.11. The minimum absolute atomic E-state index is 0.897. The number of rotatable bonds is 3. The van der Waals surface area contributed by atoms with E-state index >= 15 is 0 Å². The fraction of sp³-hybridized carbons (Fsp3) is 0.364. The highest BCUT2D eigenvalue weighted by atomic mass is 14.8. The van der Waals surface area contributed by atoms with E-state index in [0.29, 0.717) is 0 Å². The number of likely N-dealkylation sites (N-methyl/N-ethyl adjacent to an activating group) is 1. The van der Waals surface area contributed by atoms with Crippen LogP contribution in [-0.2, 0) is 0 Å². The minimum Gasteiger partial charge on any atom is -0.316 e. The topological polar surface area (TPSA) is 24.9 Å². The molecule has 1 N–H and O–H groups in total. The molecule has 2 nitrogen and oxygen atoms in total. The van der Waals surface area contributed by atoms with Crippen LogP contribution in [0.2, 0.25) is 0 Å². The molecule has 13 heavy (non-hydrogen) atoms. The Bertz CT molecular complexity index is 283. The summed E-state index contributed by atoms with van der Waals surface area (Å²) in [6.07, 6.45) is 6.07. The number of nitrogens with zero attached hydrogens (tertiary/aromatic N) is 1. The van der Waals surface area contributed by atoms with Gasteiger partial charge < -0.3 is 5.32 Å². The van der Waals surface area contributed by atoms with E-state index in [9.17, 15) is 0 Å². The summed E-state index contributed by atoms with van der Waals surface area (Å²) < 4.78 is 0. The molecule has 0 saturated carbocycles. The van der Waals surface area contributed by atoms with Crippen LogP contribution >= 0.6 is 0 Å². The van der Waals surface area contributed by atoms with Gasteiger partial charge in [0, 0.05) is 18.4 Å². The van der Waals surface area contributed by atoms with Gasteiger partial charge in [-0.2, -0.15) is 0 Å². The smallest absolute Gasteiger partial charge is 0.0447 e. The second-order valence-corrected chi connectivity index (χ2v) is 3.09. The van der Waals surface area contributed by atoms with Crippen molar-refractivity contribution in [2.45, 2.75) is 13.8 Å². The first-order valence-electron chi connectivity index (χ1n) is 4.49. The first-order valence-corrected chi connectivity index (χ1v) is 4.49. The summed E-state index contributed by atoms with van der Waals surface area (Å²) >= 11 is 0. The second-order valence-electron chi connectivity index (χ2n) is 3.09. The van der Waals surface area contributed by atoms with Crippen LogP contribution in [0.5, 0.6) is 0 Å². The summed E-state index contributed by atoms with van der Waals surface area (Å²) in [6, 6.07) is 2.03. The van der Waals surface area contributed by atoms with Crippen LogP contribution in [0.3, 0.4) is 0 Å². The van der Waals surface area contributed by atoms with E-state index in [4.69, 9.17) is 0 Å². The number of nitrogens with one attached hydrogen (secondary N) is 1. The van der Waals surface area contributed by atoms with Crippen LogP contribution in [0.15, 0.2) is 18.3 Å². The third-order valence-electron chi connectivity index (χ3n) is 2.01. The van der Waals surface area contributed by atoms with E-state index in [1.165, 1.54) is 11.1 Å². The van der Waals surface area contributed by atoms with Crippen molar-refractivity contribution in [2.75, 3.05) is 13.6 Å².